The highest BCUT2D eigenvalue weighted by atomic mass is 31.2. The maximum absolute atomic E-state index is 13.4. The number of hydrogen-bond donors (Lipinski definition) is 0. The summed E-state index contributed by atoms with van der Waals surface area (Å²) in [5.74, 6) is 0. The summed E-state index contributed by atoms with van der Waals surface area (Å²) in [5, 5.41) is 1.83. The van der Waals surface area contributed by atoms with E-state index in [1.54, 1.807) is 12.1 Å². The van der Waals surface area contributed by atoms with E-state index in [1.165, 1.54) is 14.2 Å². The van der Waals surface area contributed by atoms with Gasteiger partial charge in [-0.15, -0.1) is 0 Å². The standard InChI is InChI=1S/C19H19O3P/c1-21-23(20,22-2)19(16-10-4-3-5-11-16)18-14-8-12-15-9-6-7-13-17(15)18/h3-14,19H,1-2H3/i19D. The van der Waals surface area contributed by atoms with Crippen LogP contribution >= 0.6 is 7.60 Å². The molecule has 1 unspecified atom stereocenters. The van der Waals surface area contributed by atoms with Gasteiger partial charge >= 0.3 is 7.60 Å². The van der Waals surface area contributed by atoms with Gasteiger partial charge in [0.05, 0.1) is 1.37 Å². The minimum atomic E-state index is -3.78. The minimum absolute atomic E-state index is 0.563. The number of rotatable bonds is 5. The fraction of sp³-hybridized carbons (Fsp3) is 0.158. The molecule has 3 rings (SSSR count). The van der Waals surface area contributed by atoms with Crippen LogP contribution in [0.3, 0.4) is 0 Å². The molecule has 0 spiro atoms. The summed E-state index contributed by atoms with van der Waals surface area (Å²) in [4.78, 5) is 0. The molecule has 0 saturated heterocycles. The zero-order valence-electron chi connectivity index (χ0n) is 14.1. The second-order valence-electron chi connectivity index (χ2n) is 5.10. The lowest BCUT2D eigenvalue weighted by Gasteiger charge is -2.26. The highest BCUT2D eigenvalue weighted by molar-refractivity contribution is 7.54. The molecule has 0 bridgehead atoms. The first-order valence-electron chi connectivity index (χ1n) is 7.82. The van der Waals surface area contributed by atoms with Crippen molar-refractivity contribution in [1.82, 2.24) is 0 Å². The van der Waals surface area contributed by atoms with Gasteiger partial charge in [0.1, 0.15) is 5.64 Å². The molecule has 0 N–H and O–H groups in total. The summed E-state index contributed by atoms with van der Waals surface area (Å²) in [6, 6.07) is 22.4. The van der Waals surface area contributed by atoms with Gasteiger partial charge in [-0.3, -0.25) is 4.57 Å². The Morgan fingerprint density at radius 1 is 0.870 bits per heavy atom. The Kier molecular flexibility index (Phi) is 4.25. The third-order valence-corrected chi connectivity index (χ3v) is 5.85. The number of benzene rings is 3. The van der Waals surface area contributed by atoms with Crippen LogP contribution in [0.15, 0.2) is 72.8 Å². The molecule has 0 aliphatic carbocycles. The van der Waals surface area contributed by atoms with E-state index in [0.717, 1.165) is 10.8 Å². The van der Waals surface area contributed by atoms with Crippen LogP contribution in [0.25, 0.3) is 10.8 Å². The molecule has 0 heterocycles. The van der Waals surface area contributed by atoms with Gasteiger partial charge < -0.3 is 9.05 Å². The van der Waals surface area contributed by atoms with Crippen LogP contribution in [-0.4, -0.2) is 14.2 Å². The van der Waals surface area contributed by atoms with E-state index in [2.05, 4.69) is 0 Å². The van der Waals surface area contributed by atoms with Gasteiger partial charge in [-0.2, -0.15) is 0 Å². The zero-order chi connectivity index (χ0) is 17.2. The second kappa shape index (κ2) is 6.67. The minimum Gasteiger partial charge on any atom is -0.311 e. The Morgan fingerprint density at radius 2 is 1.48 bits per heavy atom. The van der Waals surface area contributed by atoms with Crippen LogP contribution in [0.4, 0.5) is 0 Å². The van der Waals surface area contributed by atoms with Gasteiger partial charge in [-0.25, -0.2) is 0 Å². The van der Waals surface area contributed by atoms with Crippen LogP contribution in [-0.2, 0) is 13.6 Å². The highest BCUT2D eigenvalue weighted by Crippen LogP contribution is 2.63. The maximum atomic E-state index is 13.4. The fourth-order valence-electron chi connectivity index (χ4n) is 2.75. The van der Waals surface area contributed by atoms with Crippen molar-refractivity contribution in [2.45, 2.75) is 5.64 Å². The molecule has 0 radical (unpaired) electrons. The highest BCUT2D eigenvalue weighted by Gasteiger charge is 2.37. The van der Waals surface area contributed by atoms with Crippen molar-refractivity contribution in [2.75, 3.05) is 14.2 Å². The smallest absolute Gasteiger partial charge is 0.311 e. The fourth-order valence-corrected chi connectivity index (χ4v) is 4.22. The van der Waals surface area contributed by atoms with E-state index in [1.807, 2.05) is 60.7 Å². The summed E-state index contributed by atoms with van der Waals surface area (Å²) >= 11 is 0. The molecule has 23 heavy (non-hydrogen) atoms. The topological polar surface area (TPSA) is 35.5 Å². The SMILES string of the molecule is [2H]C(c1ccccc1)(c1cccc2ccccc12)P(=O)(OC)OC. The second-order valence-corrected chi connectivity index (χ2v) is 7.28. The van der Waals surface area contributed by atoms with E-state index in [0.29, 0.717) is 11.1 Å². The van der Waals surface area contributed by atoms with E-state index in [-0.39, 0.29) is 0 Å². The third kappa shape index (κ3) is 2.96. The molecule has 0 aliphatic rings. The number of hydrogen-bond acceptors (Lipinski definition) is 3. The summed E-state index contributed by atoms with van der Waals surface area (Å²) in [7, 11) is -1.14. The molecule has 0 saturated carbocycles. The van der Waals surface area contributed by atoms with E-state index >= 15 is 0 Å². The van der Waals surface area contributed by atoms with Crippen LogP contribution in [0.1, 0.15) is 18.1 Å². The lowest BCUT2D eigenvalue weighted by molar-refractivity contribution is 0.270. The zero-order valence-corrected chi connectivity index (χ0v) is 14.0. The predicted octanol–water partition coefficient (Wildman–Crippen LogP) is 5.42. The van der Waals surface area contributed by atoms with Crippen LogP contribution in [0.2, 0.25) is 0 Å². The van der Waals surface area contributed by atoms with E-state index in [9.17, 15) is 5.94 Å². The lowest BCUT2D eigenvalue weighted by atomic mass is 9.98. The van der Waals surface area contributed by atoms with Crippen LogP contribution < -0.4 is 0 Å². The molecule has 3 aromatic rings. The van der Waals surface area contributed by atoms with Crippen molar-refractivity contribution < 1.29 is 15.0 Å². The molecule has 0 amide bonds. The predicted molar refractivity (Wildman–Crippen MR) is 93.9 cm³/mol. The largest absolute Gasteiger partial charge is 0.341 e. The average molecular weight is 327 g/mol. The maximum Gasteiger partial charge on any atom is 0.341 e. The molecule has 1 atom stereocenters. The lowest BCUT2D eigenvalue weighted by Crippen LogP contribution is -2.06. The quantitative estimate of drug-likeness (QED) is 0.587. The van der Waals surface area contributed by atoms with Crippen molar-refractivity contribution in [3.63, 3.8) is 0 Å². The molecule has 0 aliphatic heterocycles. The first-order valence-corrected chi connectivity index (χ1v) is 8.86. The first-order chi connectivity index (χ1) is 11.6. The average Bonchev–Trinajstić information content (AvgIpc) is 2.66. The molecule has 0 fully saturated rings. The van der Waals surface area contributed by atoms with Crippen molar-refractivity contribution in [2.24, 2.45) is 0 Å². The Labute approximate surface area is 137 Å². The molecular formula is C19H19O3P. The van der Waals surface area contributed by atoms with Crippen molar-refractivity contribution in [3.8, 4) is 0 Å². The molecular weight excluding hydrogens is 307 g/mol. The van der Waals surface area contributed by atoms with Gasteiger partial charge in [-0.05, 0) is 21.9 Å². The van der Waals surface area contributed by atoms with Crippen molar-refractivity contribution in [1.29, 1.82) is 0 Å². The summed E-state index contributed by atoms with van der Waals surface area (Å²) in [6.45, 7) is 0. The van der Waals surface area contributed by atoms with Gasteiger partial charge in [-0.1, -0.05) is 72.8 Å². The van der Waals surface area contributed by atoms with Crippen molar-refractivity contribution in [3.05, 3.63) is 83.9 Å². The first kappa shape index (κ1) is 14.6. The summed E-state index contributed by atoms with van der Waals surface area (Å²) in [5.41, 5.74) is -0.509. The van der Waals surface area contributed by atoms with Gasteiger partial charge in [0.2, 0.25) is 0 Å². The molecule has 0 aromatic heterocycles. The van der Waals surface area contributed by atoms with Crippen molar-refractivity contribution >= 4 is 18.4 Å². The van der Waals surface area contributed by atoms with Crippen LogP contribution in [0.5, 0.6) is 0 Å². The third-order valence-electron chi connectivity index (χ3n) is 3.85. The summed E-state index contributed by atoms with van der Waals surface area (Å²) < 4.78 is 33.1. The Balaban J connectivity index is 2.40. The molecule has 118 valence electrons. The Morgan fingerprint density at radius 3 is 2.17 bits per heavy atom. The number of fused-ring (bicyclic) bond motifs is 1. The Hall–Kier alpha value is -1.93. The van der Waals surface area contributed by atoms with Gasteiger partial charge in [0, 0.05) is 14.2 Å². The van der Waals surface area contributed by atoms with Crippen LogP contribution in [0, 0.1) is 0 Å². The van der Waals surface area contributed by atoms with E-state index in [4.69, 9.17) is 9.05 Å². The molecule has 3 aromatic carbocycles. The van der Waals surface area contributed by atoms with Gasteiger partial charge in [0.15, 0.2) is 0 Å². The molecule has 4 heteroatoms. The molecule has 3 nitrogen and oxygen atoms in total. The van der Waals surface area contributed by atoms with Gasteiger partial charge in [0.25, 0.3) is 0 Å². The Bertz CT molecular complexity index is 884. The normalized spacial score (nSPS) is 15.1. The monoisotopic (exact) mass is 327 g/mol. The summed E-state index contributed by atoms with van der Waals surface area (Å²) in [6.07, 6.45) is 0. The van der Waals surface area contributed by atoms with E-state index < -0.39 is 13.2 Å².